The lowest BCUT2D eigenvalue weighted by Crippen LogP contribution is -2.43. The van der Waals surface area contributed by atoms with Gasteiger partial charge in [-0.3, -0.25) is 0 Å². The first-order valence-electron chi connectivity index (χ1n) is 7.84. The number of nitrogens with zero attached hydrogens (tertiary/aromatic N) is 1. The Morgan fingerprint density at radius 2 is 2.14 bits per heavy atom. The second-order valence-corrected chi connectivity index (χ2v) is 7.81. The quantitative estimate of drug-likeness (QED) is 0.909. The van der Waals surface area contributed by atoms with Gasteiger partial charge in [-0.05, 0) is 43.9 Å². The van der Waals surface area contributed by atoms with E-state index in [2.05, 4.69) is 6.92 Å². The van der Waals surface area contributed by atoms with Crippen molar-refractivity contribution in [2.45, 2.75) is 62.9 Å². The summed E-state index contributed by atoms with van der Waals surface area (Å²) < 4.78 is 27.6. The first-order valence-corrected chi connectivity index (χ1v) is 9.28. The van der Waals surface area contributed by atoms with E-state index < -0.39 is 10.0 Å². The fraction of sp³-hybridized carbons (Fsp3) is 0.625. The average Bonchev–Trinajstić information content (AvgIpc) is 2.48. The molecule has 0 aromatic heterocycles. The van der Waals surface area contributed by atoms with Crippen LogP contribution in [0.15, 0.2) is 29.2 Å². The summed E-state index contributed by atoms with van der Waals surface area (Å²) in [5, 5.41) is 0. The summed E-state index contributed by atoms with van der Waals surface area (Å²) in [6.45, 7) is 4.61. The van der Waals surface area contributed by atoms with E-state index in [1.807, 2.05) is 13.0 Å². The average molecular weight is 310 g/mol. The van der Waals surface area contributed by atoms with E-state index in [4.69, 9.17) is 5.73 Å². The maximum atomic E-state index is 12.9. The largest absolute Gasteiger partial charge is 0.324 e. The van der Waals surface area contributed by atoms with Crippen LogP contribution in [0.1, 0.15) is 57.6 Å². The Morgan fingerprint density at radius 3 is 2.81 bits per heavy atom. The fourth-order valence-electron chi connectivity index (χ4n) is 3.01. The lowest BCUT2D eigenvalue weighted by Gasteiger charge is -2.34. The minimum Gasteiger partial charge on any atom is -0.324 e. The van der Waals surface area contributed by atoms with Gasteiger partial charge in [-0.25, -0.2) is 8.42 Å². The van der Waals surface area contributed by atoms with Crippen molar-refractivity contribution in [2.24, 2.45) is 5.73 Å². The van der Waals surface area contributed by atoms with Gasteiger partial charge in [-0.15, -0.1) is 0 Å². The van der Waals surface area contributed by atoms with E-state index in [-0.39, 0.29) is 12.1 Å². The number of hydrogen-bond donors (Lipinski definition) is 1. The molecule has 2 rings (SSSR count). The molecule has 0 saturated carbocycles. The van der Waals surface area contributed by atoms with Gasteiger partial charge in [-0.1, -0.05) is 31.9 Å². The van der Waals surface area contributed by atoms with Crippen LogP contribution in [0.4, 0.5) is 0 Å². The van der Waals surface area contributed by atoms with Crippen molar-refractivity contribution in [3.8, 4) is 0 Å². The molecule has 1 aromatic carbocycles. The van der Waals surface area contributed by atoms with Gasteiger partial charge < -0.3 is 5.73 Å². The number of nitrogens with two attached hydrogens (primary N) is 1. The fourth-order valence-corrected chi connectivity index (χ4v) is 4.78. The van der Waals surface area contributed by atoms with E-state index in [1.54, 1.807) is 22.5 Å². The zero-order chi connectivity index (χ0) is 15.5. The van der Waals surface area contributed by atoms with Crippen molar-refractivity contribution in [3.63, 3.8) is 0 Å². The van der Waals surface area contributed by atoms with Crippen LogP contribution in [-0.2, 0) is 10.0 Å². The van der Waals surface area contributed by atoms with E-state index in [0.717, 1.165) is 37.7 Å². The van der Waals surface area contributed by atoms with E-state index >= 15 is 0 Å². The molecule has 118 valence electrons. The second kappa shape index (κ2) is 6.90. The Balaban J connectivity index is 2.33. The van der Waals surface area contributed by atoms with Crippen LogP contribution in [0.2, 0.25) is 0 Å². The number of piperidine rings is 1. The molecule has 0 aliphatic carbocycles. The van der Waals surface area contributed by atoms with Crippen molar-refractivity contribution in [3.05, 3.63) is 29.8 Å². The number of hydrogen-bond acceptors (Lipinski definition) is 3. The van der Waals surface area contributed by atoms with Gasteiger partial charge in [-0.2, -0.15) is 4.31 Å². The first kappa shape index (κ1) is 16.5. The van der Waals surface area contributed by atoms with Crippen molar-refractivity contribution >= 4 is 10.0 Å². The summed E-state index contributed by atoms with van der Waals surface area (Å²) in [6.07, 6.45) is 4.99. The third kappa shape index (κ3) is 3.65. The van der Waals surface area contributed by atoms with Crippen LogP contribution < -0.4 is 5.73 Å². The standard InChI is InChI=1S/C16H26N2O2S/c1-3-7-15-9-4-5-11-18(15)21(19,20)16-10-6-8-14(12-16)13(2)17/h6,8,10,12-13,15H,3-5,7,9,11,17H2,1-2H3. The predicted octanol–water partition coefficient (Wildman–Crippen LogP) is 3.05. The molecule has 5 heteroatoms. The molecule has 1 fully saturated rings. The highest BCUT2D eigenvalue weighted by Crippen LogP contribution is 2.28. The first-order chi connectivity index (χ1) is 9.96. The third-order valence-corrected chi connectivity index (χ3v) is 6.13. The van der Waals surface area contributed by atoms with E-state index in [0.29, 0.717) is 11.4 Å². The Bertz CT molecular complexity index is 567. The van der Waals surface area contributed by atoms with Crippen molar-refractivity contribution in [2.75, 3.05) is 6.54 Å². The predicted molar refractivity (Wildman–Crippen MR) is 85.5 cm³/mol. The molecule has 4 nitrogen and oxygen atoms in total. The lowest BCUT2D eigenvalue weighted by molar-refractivity contribution is 0.239. The minimum absolute atomic E-state index is 0.146. The summed E-state index contributed by atoms with van der Waals surface area (Å²) in [5.74, 6) is 0. The van der Waals surface area contributed by atoms with Crippen LogP contribution in [0, 0.1) is 0 Å². The third-order valence-electron chi connectivity index (χ3n) is 4.19. The summed E-state index contributed by atoms with van der Waals surface area (Å²) in [4.78, 5) is 0.375. The summed E-state index contributed by atoms with van der Waals surface area (Å²) in [6, 6.07) is 7.05. The molecule has 0 radical (unpaired) electrons. The van der Waals surface area contributed by atoms with Crippen LogP contribution in [-0.4, -0.2) is 25.3 Å². The SMILES string of the molecule is CCCC1CCCCN1S(=O)(=O)c1cccc(C(C)N)c1. The monoisotopic (exact) mass is 310 g/mol. The molecule has 0 amide bonds. The Hall–Kier alpha value is -0.910. The maximum Gasteiger partial charge on any atom is 0.243 e. The molecule has 0 spiro atoms. The van der Waals surface area contributed by atoms with E-state index in [9.17, 15) is 8.42 Å². The number of sulfonamides is 1. The highest BCUT2D eigenvalue weighted by Gasteiger charge is 2.32. The van der Waals surface area contributed by atoms with Gasteiger partial charge in [0.25, 0.3) is 0 Å². The molecule has 1 heterocycles. The molecule has 1 saturated heterocycles. The summed E-state index contributed by atoms with van der Waals surface area (Å²) in [7, 11) is -3.41. The number of benzene rings is 1. The smallest absolute Gasteiger partial charge is 0.243 e. The van der Waals surface area contributed by atoms with Crippen LogP contribution in [0.25, 0.3) is 0 Å². The van der Waals surface area contributed by atoms with Crippen molar-refractivity contribution in [1.82, 2.24) is 4.31 Å². The molecule has 2 atom stereocenters. The maximum absolute atomic E-state index is 12.9. The van der Waals surface area contributed by atoms with Gasteiger partial charge in [0.2, 0.25) is 10.0 Å². The topological polar surface area (TPSA) is 63.4 Å². The highest BCUT2D eigenvalue weighted by atomic mass is 32.2. The molecular formula is C16H26N2O2S. The van der Waals surface area contributed by atoms with Gasteiger partial charge in [0.1, 0.15) is 0 Å². The second-order valence-electron chi connectivity index (χ2n) is 5.92. The summed E-state index contributed by atoms with van der Waals surface area (Å²) in [5.41, 5.74) is 6.73. The van der Waals surface area contributed by atoms with Gasteiger partial charge in [0.15, 0.2) is 0 Å². The molecular weight excluding hydrogens is 284 g/mol. The van der Waals surface area contributed by atoms with Gasteiger partial charge in [0, 0.05) is 18.6 Å². The molecule has 2 unspecified atom stereocenters. The van der Waals surface area contributed by atoms with Crippen LogP contribution in [0.5, 0.6) is 0 Å². The zero-order valence-corrected chi connectivity index (χ0v) is 13.8. The lowest BCUT2D eigenvalue weighted by atomic mass is 10.0. The van der Waals surface area contributed by atoms with Crippen LogP contribution >= 0.6 is 0 Å². The molecule has 1 aromatic rings. The van der Waals surface area contributed by atoms with Gasteiger partial charge >= 0.3 is 0 Å². The molecule has 21 heavy (non-hydrogen) atoms. The minimum atomic E-state index is -3.41. The molecule has 1 aliphatic heterocycles. The van der Waals surface area contributed by atoms with Crippen molar-refractivity contribution in [1.29, 1.82) is 0 Å². The van der Waals surface area contributed by atoms with E-state index in [1.165, 1.54) is 0 Å². The normalized spacial score (nSPS) is 22.1. The summed E-state index contributed by atoms with van der Waals surface area (Å²) >= 11 is 0. The van der Waals surface area contributed by atoms with Crippen molar-refractivity contribution < 1.29 is 8.42 Å². The zero-order valence-electron chi connectivity index (χ0n) is 13.0. The molecule has 2 N–H and O–H groups in total. The molecule has 1 aliphatic rings. The number of rotatable bonds is 5. The molecule has 0 bridgehead atoms. The van der Waals surface area contributed by atoms with Crippen LogP contribution in [0.3, 0.4) is 0 Å². The van der Waals surface area contributed by atoms with Gasteiger partial charge in [0.05, 0.1) is 4.90 Å². The Morgan fingerprint density at radius 1 is 1.38 bits per heavy atom. The Kier molecular flexibility index (Phi) is 5.41. The highest BCUT2D eigenvalue weighted by molar-refractivity contribution is 7.89. The Labute approximate surface area is 128 Å².